The first-order valence-corrected chi connectivity index (χ1v) is 13.8. The highest BCUT2D eigenvalue weighted by molar-refractivity contribution is 5.93. The van der Waals surface area contributed by atoms with Crippen molar-refractivity contribution in [3.05, 3.63) is 144 Å². The summed E-state index contributed by atoms with van der Waals surface area (Å²) in [4.78, 5) is 0. The third kappa shape index (κ3) is 7.72. The van der Waals surface area contributed by atoms with Gasteiger partial charge in [0, 0.05) is 22.5 Å². The SMILES string of the molecule is C=C/C=C(\C(C)=C(/C)NC(=C)c1[nH]nc2c(F)cc(C(/C=C(\C=C)NC(=C)CC(C)C)=C/C)cc12)c1cccc(F)c1. The van der Waals surface area contributed by atoms with Crippen LogP contribution in [-0.2, 0) is 0 Å². The van der Waals surface area contributed by atoms with E-state index in [1.54, 1.807) is 18.2 Å². The Hall–Kier alpha value is -4.71. The van der Waals surface area contributed by atoms with Crippen molar-refractivity contribution in [3.8, 4) is 0 Å². The zero-order chi connectivity index (χ0) is 31.0. The third-order valence-corrected chi connectivity index (χ3v) is 6.79. The lowest BCUT2D eigenvalue weighted by Crippen LogP contribution is -2.12. The van der Waals surface area contributed by atoms with E-state index in [0.29, 0.717) is 28.3 Å². The number of nitrogens with zero attached hydrogens (tertiary/aromatic N) is 1. The third-order valence-electron chi connectivity index (χ3n) is 6.79. The maximum absolute atomic E-state index is 15.3. The average Bonchev–Trinajstić information content (AvgIpc) is 3.38. The number of nitrogens with one attached hydrogen (secondary N) is 3. The van der Waals surface area contributed by atoms with Crippen molar-refractivity contribution in [2.75, 3.05) is 0 Å². The van der Waals surface area contributed by atoms with E-state index < -0.39 is 5.82 Å². The molecule has 1 heterocycles. The quantitative estimate of drug-likeness (QED) is 0.181. The molecule has 4 nitrogen and oxygen atoms in total. The molecule has 3 N–H and O–H groups in total. The molecule has 0 amide bonds. The van der Waals surface area contributed by atoms with Crippen molar-refractivity contribution in [1.29, 1.82) is 0 Å². The molecular weight excluding hydrogens is 526 g/mol. The molecule has 0 bridgehead atoms. The van der Waals surface area contributed by atoms with E-state index in [2.05, 4.69) is 61.0 Å². The van der Waals surface area contributed by atoms with Crippen molar-refractivity contribution in [2.45, 2.75) is 41.0 Å². The average molecular weight is 567 g/mol. The largest absolute Gasteiger partial charge is 0.359 e. The minimum atomic E-state index is -0.450. The van der Waals surface area contributed by atoms with Crippen molar-refractivity contribution >= 4 is 27.7 Å². The molecule has 0 fully saturated rings. The second kappa shape index (κ2) is 14.3. The number of hydrogen-bond acceptors (Lipinski definition) is 3. The van der Waals surface area contributed by atoms with Crippen LogP contribution in [0.25, 0.3) is 27.7 Å². The second-order valence-electron chi connectivity index (χ2n) is 10.5. The fourth-order valence-electron chi connectivity index (χ4n) is 4.66. The minimum absolute atomic E-state index is 0.217. The molecule has 0 radical (unpaired) electrons. The van der Waals surface area contributed by atoms with E-state index in [4.69, 9.17) is 0 Å². The van der Waals surface area contributed by atoms with Crippen molar-refractivity contribution < 1.29 is 8.78 Å². The fraction of sp³-hybridized carbons (Fsp3) is 0.194. The zero-order valence-corrected chi connectivity index (χ0v) is 25.2. The van der Waals surface area contributed by atoms with Gasteiger partial charge in [-0.3, -0.25) is 5.10 Å². The summed E-state index contributed by atoms with van der Waals surface area (Å²) in [7, 11) is 0. The van der Waals surface area contributed by atoms with Crippen molar-refractivity contribution in [1.82, 2.24) is 20.8 Å². The molecule has 0 atom stereocenters. The van der Waals surface area contributed by atoms with E-state index in [0.717, 1.165) is 45.8 Å². The van der Waals surface area contributed by atoms with Gasteiger partial charge in [-0.05, 0) is 97.4 Å². The molecule has 218 valence electrons. The Morgan fingerprint density at radius 1 is 1.05 bits per heavy atom. The first-order valence-electron chi connectivity index (χ1n) is 13.8. The Morgan fingerprint density at radius 3 is 2.40 bits per heavy atom. The zero-order valence-electron chi connectivity index (χ0n) is 25.2. The maximum atomic E-state index is 15.3. The van der Waals surface area contributed by atoms with Crippen LogP contribution >= 0.6 is 0 Å². The monoisotopic (exact) mass is 566 g/mol. The summed E-state index contributed by atoms with van der Waals surface area (Å²) in [6.07, 6.45) is 9.88. The summed E-state index contributed by atoms with van der Waals surface area (Å²) in [5.74, 6) is -0.310. The lowest BCUT2D eigenvalue weighted by Gasteiger charge is -2.16. The van der Waals surface area contributed by atoms with Gasteiger partial charge < -0.3 is 10.6 Å². The van der Waals surface area contributed by atoms with Gasteiger partial charge >= 0.3 is 0 Å². The van der Waals surface area contributed by atoms with Crippen LogP contribution in [0.1, 0.15) is 57.9 Å². The smallest absolute Gasteiger partial charge is 0.151 e. The topological polar surface area (TPSA) is 52.7 Å². The van der Waals surface area contributed by atoms with E-state index in [1.807, 2.05) is 51.1 Å². The summed E-state index contributed by atoms with van der Waals surface area (Å²) in [6.45, 7) is 26.0. The van der Waals surface area contributed by atoms with Gasteiger partial charge in [0.1, 0.15) is 11.3 Å². The fourth-order valence-corrected chi connectivity index (χ4v) is 4.66. The number of rotatable bonds is 13. The van der Waals surface area contributed by atoms with Gasteiger partial charge in [-0.1, -0.05) is 70.5 Å². The molecule has 0 spiro atoms. The van der Waals surface area contributed by atoms with E-state index in [1.165, 1.54) is 18.2 Å². The predicted octanol–water partition coefficient (Wildman–Crippen LogP) is 9.59. The molecule has 0 aliphatic carbocycles. The normalized spacial score (nSPS) is 13.2. The Bertz CT molecular complexity index is 1640. The van der Waals surface area contributed by atoms with Gasteiger partial charge in [0.15, 0.2) is 5.82 Å². The van der Waals surface area contributed by atoms with Crippen LogP contribution in [0.5, 0.6) is 0 Å². The van der Waals surface area contributed by atoms with Crippen LogP contribution in [0, 0.1) is 17.6 Å². The summed E-state index contributed by atoms with van der Waals surface area (Å²) in [6, 6.07) is 9.76. The number of halogens is 2. The van der Waals surface area contributed by atoms with Gasteiger partial charge in [0.05, 0.1) is 11.4 Å². The Balaban J connectivity index is 1.97. The van der Waals surface area contributed by atoms with Crippen LogP contribution in [0.2, 0.25) is 0 Å². The molecule has 42 heavy (non-hydrogen) atoms. The van der Waals surface area contributed by atoms with Crippen LogP contribution < -0.4 is 10.6 Å². The Kier molecular flexibility index (Phi) is 10.8. The van der Waals surface area contributed by atoms with Gasteiger partial charge in [0.2, 0.25) is 0 Å². The lowest BCUT2D eigenvalue weighted by atomic mass is 9.96. The molecule has 0 aliphatic rings. The molecule has 0 unspecified atom stereocenters. The molecule has 0 saturated heterocycles. The van der Waals surface area contributed by atoms with E-state index in [-0.39, 0.29) is 11.3 Å². The van der Waals surface area contributed by atoms with Crippen LogP contribution in [0.3, 0.4) is 0 Å². The predicted molar refractivity (Wildman–Crippen MR) is 175 cm³/mol. The number of H-pyrrole nitrogens is 1. The van der Waals surface area contributed by atoms with Gasteiger partial charge in [-0.15, -0.1) is 0 Å². The first kappa shape index (κ1) is 31.8. The number of aromatic amines is 1. The number of aromatic nitrogens is 2. The van der Waals surface area contributed by atoms with Crippen LogP contribution in [0.4, 0.5) is 8.78 Å². The van der Waals surface area contributed by atoms with Gasteiger partial charge in [-0.2, -0.15) is 5.10 Å². The summed E-state index contributed by atoms with van der Waals surface area (Å²) < 4.78 is 29.3. The minimum Gasteiger partial charge on any atom is -0.359 e. The standard InChI is InChI=1S/C36H40F2N4/c1-10-14-32(28-15-13-16-30(37)18-28)24(7)25(8)40-26(9)35-33-20-29(21-34(38)36(33)42-41-35)27(11-2)19-31(12-3)39-23(6)17-22(4)5/h10-16,18-22,39-40H,1,3,6,9,17H2,2,4-5,7-8H3,(H,41,42)/b25-24+,27-11+,31-19+,32-14+. The molecule has 3 aromatic rings. The van der Waals surface area contributed by atoms with Crippen molar-refractivity contribution in [2.24, 2.45) is 5.92 Å². The Labute approximate surface area is 248 Å². The molecule has 3 rings (SSSR count). The summed E-state index contributed by atoms with van der Waals surface area (Å²) in [5, 5.41) is 14.4. The number of allylic oxidation sites excluding steroid dienone is 10. The number of hydrogen-bond donors (Lipinski definition) is 3. The second-order valence-corrected chi connectivity index (χ2v) is 10.5. The first-order chi connectivity index (χ1) is 20.0. The summed E-state index contributed by atoms with van der Waals surface area (Å²) in [5.41, 5.74) is 7.64. The van der Waals surface area contributed by atoms with Crippen molar-refractivity contribution in [3.63, 3.8) is 0 Å². The molecule has 0 aliphatic heterocycles. The van der Waals surface area contributed by atoms with E-state index in [9.17, 15) is 4.39 Å². The van der Waals surface area contributed by atoms with Crippen LogP contribution in [-0.4, -0.2) is 10.2 Å². The van der Waals surface area contributed by atoms with Crippen LogP contribution in [0.15, 0.2) is 116 Å². The van der Waals surface area contributed by atoms with Gasteiger partial charge in [-0.25, -0.2) is 8.78 Å². The highest BCUT2D eigenvalue weighted by Crippen LogP contribution is 2.30. The Morgan fingerprint density at radius 2 is 1.79 bits per heavy atom. The van der Waals surface area contributed by atoms with E-state index >= 15 is 4.39 Å². The molecule has 2 aromatic carbocycles. The molecule has 0 saturated carbocycles. The molecular formula is C36H40F2N4. The lowest BCUT2D eigenvalue weighted by molar-refractivity contribution is 0.622. The highest BCUT2D eigenvalue weighted by atomic mass is 19.1. The number of benzene rings is 2. The molecule has 6 heteroatoms. The summed E-state index contributed by atoms with van der Waals surface area (Å²) >= 11 is 0. The maximum Gasteiger partial charge on any atom is 0.151 e. The van der Waals surface area contributed by atoms with Gasteiger partial charge in [0.25, 0.3) is 0 Å². The molecule has 1 aromatic heterocycles. The number of fused-ring (bicyclic) bond motifs is 1. The highest BCUT2D eigenvalue weighted by Gasteiger charge is 2.16.